The van der Waals surface area contributed by atoms with Crippen LogP contribution in [0.1, 0.15) is 31.2 Å². The Hall–Kier alpha value is -1.53. The van der Waals surface area contributed by atoms with Crippen LogP contribution in [-0.4, -0.2) is 34.1 Å². The molecular formula is C14H19FN2O3. The molecule has 0 aliphatic carbocycles. The summed E-state index contributed by atoms with van der Waals surface area (Å²) >= 11 is 0. The zero-order valence-corrected chi connectivity index (χ0v) is 11.3. The largest absolute Gasteiger partial charge is 0.395 e. The molecule has 1 heterocycles. The maximum Gasteiger partial charge on any atom is 0.274 e. The Labute approximate surface area is 117 Å². The Morgan fingerprint density at radius 2 is 2.20 bits per heavy atom. The standard InChI is InChI=1S/C14H19FN2O3/c15-12-5-6-14(17(19)20)11(8-12)9-16-7-3-1-2-4-13(16)10-18/h5-6,8,13,18H,1-4,7,9-10H2. The number of nitrogens with zero attached hydrogens (tertiary/aromatic N) is 2. The minimum atomic E-state index is -0.486. The summed E-state index contributed by atoms with van der Waals surface area (Å²) in [4.78, 5) is 12.5. The van der Waals surface area contributed by atoms with Gasteiger partial charge in [-0.2, -0.15) is 0 Å². The van der Waals surface area contributed by atoms with Gasteiger partial charge in [-0.25, -0.2) is 4.39 Å². The third-order valence-corrected chi connectivity index (χ3v) is 3.82. The predicted molar refractivity (Wildman–Crippen MR) is 72.8 cm³/mol. The van der Waals surface area contributed by atoms with Crippen molar-refractivity contribution >= 4 is 5.69 Å². The number of nitro groups is 1. The summed E-state index contributed by atoms with van der Waals surface area (Å²) in [5, 5.41) is 20.5. The maximum atomic E-state index is 13.3. The number of nitro benzene ring substituents is 1. The highest BCUT2D eigenvalue weighted by molar-refractivity contribution is 5.40. The van der Waals surface area contributed by atoms with E-state index in [9.17, 15) is 19.6 Å². The van der Waals surface area contributed by atoms with Crippen molar-refractivity contribution < 1.29 is 14.4 Å². The molecule has 110 valence electrons. The second kappa shape index (κ2) is 6.76. The van der Waals surface area contributed by atoms with E-state index in [1.54, 1.807) is 0 Å². The fourth-order valence-corrected chi connectivity index (χ4v) is 2.73. The second-order valence-electron chi connectivity index (χ2n) is 5.19. The number of benzene rings is 1. The summed E-state index contributed by atoms with van der Waals surface area (Å²) in [5.74, 6) is -0.471. The van der Waals surface area contributed by atoms with E-state index in [0.29, 0.717) is 12.1 Å². The molecule has 1 saturated heterocycles. The van der Waals surface area contributed by atoms with Crippen molar-refractivity contribution in [3.63, 3.8) is 0 Å². The number of rotatable bonds is 4. The lowest BCUT2D eigenvalue weighted by Crippen LogP contribution is -2.37. The highest BCUT2D eigenvalue weighted by Crippen LogP contribution is 2.25. The molecule has 0 aromatic heterocycles. The summed E-state index contributed by atoms with van der Waals surface area (Å²) in [6, 6.07) is 3.53. The molecule has 1 aromatic rings. The third kappa shape index (κ3) is 3.52. The predicted octanol–water partition coefficient (Wildman–Crippen LogP) is 2.47. The zero-order chi connectivity index (χ0) is 14.5. The first-order valence-electron chi connectivity index (χ1n) is 6.89. The van der Waals surface area contributed by atoms with Crippen LogP contribution in [0.25, 0.3) is 0 Å². The van der Waals surface area contributed by atoms with Crippen molar-refractivity contribution in [1.82, 2.24) is 4.90 Å². The van der Waals surface area contributed by atoms with Gasteiger partial charge >= 0.3 is 0 Å². The van der Waals surface area contributed by atoms with Crippen LogP contribution in [0.5, 0.6) is 0 Å². The highest BCUT2D eigenvalue weighted by Gasteiger charge is 2.23. The molecule has 1 aliphatic heterocycles. The molecule has 2 rings (SSSR count). The molecular weight excluding hydrogens is 263 g/mol. The first kappa shape index (κ1) is 14.9. The molecule has 0 spiro atoms. The molecule has 1 atom stereocenters. The van der Waals surface area contributed by atoms with Gasteiger partial charge in [0.05, 0.1) is 11.5 Å². The number of hydrogen-bond acceptors (Lipinski definition) is 4. The monoisotopic (exact) mass is 282 g/mol. The van der Waals surface area contributed by atoms with Crippen LogP contribution in [-0.2, 0) is 6.54 Å². The molecule has 1 aromatic carbocycles. The van der Waals surface area contributed by atoms with Gasteiger partial charge < -0.3 is 5.11 Å². The van der Waals surface area contributed by atoms with Gasteiger partial charge in [0.25, 0.3) is 5.69 Å². The average molecular weight is 282 g/mol. The van der Waals surface area contributed by atoms with Crippen LogP contribution >= 0.6 is 0 Å². The molecule has 1 fully saturated rings. The van der Waals surface area contributed by atoms with E-state index >= 15 is 0 Å². The van der Waals surface area contributed by atoms with E-state index in [4.69, 9.17) is 0 Å². The number of aliphatic hydroxyl groups excluding tert-OH is 1. The molecule has 0 saturated carbocycles. The van der Waals surface area contributed by atoms with E-state index in [0.717, 1.165) is 38.3 Å². The topological polar surface area (TPSA) is 66.6 Å². The Morgan fingerprint density at radius 1 is 1.40 bits per heavy atom. The Morgan fingerprint density at radius 3 is 2.90 bits per heavy atom. The maximum absolute atomic E-state index is 13.3. The Kier molecular flexibility index (Phi) is 5.03. The van der Waals surface area contributed by atoms with E-state index in [2.05, 4.69) is 0 Å². The van der Waals surface area contributed by atoms with Gasteiger partial charge in [0, 0.05) is 24.2 Å². The summed E-state index contributed by atoms with van der Waals surface area (Å²) in [5.41, 5.74) is 0.308. The van der Waals surface area contributed by atoms with Crippen LogP contribution in [0.3, 0.4) is 0 Å². The first-order chi connectivity index (χ1) is 9.61. The molecule has 0 amide bonds. The summed E-state index contributed by atoms with van der Waals surface area (Å²) in [7, 11) is 0. The zero-order valence-electron chi connectivity index (χ0n) is 11.3. The fraction of sp³-hybridized carbons (Fsp3) is 0.571. The van der Waals surface area contributed by atoms with Gasteiger partial charge in [0.2, 0.25) is 0 Å². The van der Waals surface area contributed by atoms with Crippen LogP contribution in [0.15, 0.2) is 18.2 Å². The van der Waals surface area contributed by atoms with Gasteiger partial charge in [0.15, 0.2) is 0 Å². The van der Waals surface area contributed by atoms with Crippen LogP contribution in [0.4, 0.5) is 10.1 Å². The smallest absolute Gasteiger partial charge is 0.274 e. The average Bonchev–Trinajstić information content (AvgIpc) is 2.63. The Balaban J connectivity index is 2.22. The second-order valence-corrected chi connectivity index (χ2v) is 5.19. The minimum absolute atomic E-state index is 0.000344. The highest BCUT2D eigenvalue weighted by atomic mass is 19.1. The van der Waals surface area contributed by atoms with Crippen molar-refractivity contribution in [2.45, 2.75) is 38.3 Å². The minimum Gasteiger partial charge on any atom is -0.395 e. The number of aliphatic hydroxyl groups is 1. The van der Waals surface area contributed by atoms with Gasteiger partial charge in [-0.05, 0) is 31.5 Å². The van der Waals surface area contributed by atoms with Crippen molar-refractivity contribution in [2.75, 3.05) is 13.2 Å². The van der Waals surface area contributed by atoms with Gasteiger partial charge in [-0.3, -0.25) is 15.0 Å². The van der Waals surface area contributed by atoms with E-state index < -0.39 is 10.7 Å². The molecule has 6 heteroatoms. The van der Waals surface area contributed by atoms with Crippen molar-refractivity contribution in [1.29, 1.82) is 0 Å². The fourth-order valence-electron chi connectivity index (χ4n) is 2.73. The van der Waals surface area contributed by atoms with Crippen LogP contribution in [0, 0.1) is 15.9 Å². The SMILES string of the molecule is O=[N+]([O-])c1ccc(F)cc1CN1CCCCCC1CO. The quantitative estimate of drug-likeness (QED) is 0.680. The lowest BCUT2D eigenvalue weighted by atomic mass is 10.1. The lowest BCUT2D eigenvalue weighted by molar-refractivity contribution is -0.385. The number of likely N-dealkylation sites (tertiary alicyclic amines) is 1. The molecule has 1 N–H and O–H groups in total. The summed E-state index contributed by atoms with van der Waals surface area (Å²) in [6.07, 6.45) is 4.02. The molecule has 20 heavy (non-hydrogen) atoms. The number of halogens is 1. The van der Waals surface area contributed by atoms with Crippen LogP contribution in [0.2, 0.25) is 0 Å². The summed E-state index contributed by atoms with van der Waals surface area (Å²) in [6.45, 7) is 1.11. The van der Waals surface area contributed by atoms with Crippen molar-refractivity contribution in [3.05, 3.63) is 39.7 Å². The molecule has 0 bridgehead atoms. The van der Waals surface area contributed by atoms with Gasteiger partial charge in [-0.1, -0.05) is 12.8 Å². The summed E-state index contributed by atoms with van der Waals surface area (Å²) < 4.78 is 13.3. The lowest BCUT2D eigenvalue weighted by Gasteiger charge is -2.28. The van der Waals surface area contributed by atoms with Crippen LogP contribution < -0.4 is 0 Å². The van der Waals surface area contributed by atoms with E-state index in [1.165, 1.54) is 12.1 Å². The molecule has 1 unspecified atom stereocenters. The first-order valence-corrected chi connectivity index (χ1v) is 6.89. The normalized spacial score (nSPS) is 20.6. The van der Waals surface area contributed by atoms with Gasteiger partial charge in [-0.15, -0.1) is 0 Å². The number of hydrogen-bond donors (Lipinski definition) is 1. The van der Waals surface area contributed by atoms with Crippen molar-refractivity contribution in [3.8, 4) is 0 Å². The Bertz CT molecular complexity index is 481. The van der Waals surface area contributed by atoms with Gasteiger partial charge in [0.1, 0.15) is 5.82 Å². The third-order valence-electron chi connectivity index (χ3n) is 3.82. The molecule has 5 nitrogen and oxygen atoms in total. The molecule has 1 aliphatic rings. The van der Waals surface area contributed by atoms with E-state index in [-0.39, 0.29) is 18.3 Å². The van der Waals surface area contributed by atoms with E-state index in [1.807, 2.05) is 4.90 Å². The van der Waals surface area contributed by atoms with Crippen molar-refractivity contribution in [2.24, 2.45) is 0 Å². The molecule has 0 radical (unpaired) electrons.